The zero-order valence-corrected chi connectivity index (χ0v) is 18.9. The van der Waals surface area contributed by atoms with E-state index in [-0.39, 0.29) is 13.2 Å². The number of carbonyl (C=O) groups excluding carboxylic acids is 3. The summed E-state index contributed by atoms with van der Waals surface area (Å²) in [5.41, 5.74) is 0. The van der Waals surface area contributed by atoms with Gasteiger partial charge in [0.25, 0.3) is 0 Å². The summed E-state index contributed by atoms with van der Waals surface area (Å²) in [7, 11) is 0. The van der Waals surface area contributed by atoms with Crippen LogP contribution in [-0.2, 0) is 23.9 Å². The van der Waals surface area contributed by atoms with Gasteiger partial charge in [0.15, 0.2) is 26.4 Å². The van der Waals surface area contributed by atoms with Gasteiger partial charge in [-0.25, -0.2) is 9.59 Å². The molecule has 0 radical (unpaired) electrons. The first-order chi connectivity index (χ1) is 13.4. The zero-order chi connectivity index (χ0) is 20.4. The van der Waals surface area contributed by atoms with E-state index in [1.807, 2.05) is 12.1 Å². The van der Waals surface area contributed by atoms with Gasteiger partial charge in [0.05, 0.1) is 0 Å². The van der Waals surface area contributed by atoms with Gasteiger partial charge in [0, 0.05) is 7.14 Å². The Labute approximate surface area is 189 Å². The van der Waals surface area contributed by atoms with E-state index in [2.05, 4.69) is 45.2 Å². The first kappa shape index (κ1) is 22.4. The molecule has 0 amide bonds. The summed E-state index contributed by atoms with van der Waals surface area (Å²) in [6.07, 6.45) is 0. The summed E-state index contributed by atoms with van der Waals surface area (Å²) in [5.74, 6) is -0.888. The maximum Gasteiger partial charge on any atom is 0.344 e. The number of ether oxygens (including phenoxy) is 4. The first-order valence-electron chi connectivity index (χ1n) is 8.02. The molecule has 9 heteroatoms. The second-order valence-corrected chi connectivity index (χ2v) is 7.84. The maximum absolute atomic E-state index is 11.7. The predicted molar refractivity (Wildman–Crippen MR) is 116 cm³/mol. The number of Topliss-reactive ketones (excluding diaryl/α,β-unsaturated/α-hetero) is 1. The highest BCUT2D eigenvalue weighted by Crippen LogP contribution is 2.15. The van der Waals surface area contributed by atoms with Crippen LogP contribution >= 0.6 is 45.2 Å². The average molecular weight is 610 g/mol. The van der Waals surface area contributed by atoms with Crippen molar-refractivity contribution in [2.45, 2.75) is 0 Å². The molecule has 0 aliphatic carbocycles. The van der Waals surface area contributed by atoms with Gasteiger partial charge in [-0.15, -0.1) is 0 Å². The van der Waals surface area contributed by atoms with Crippen LogP contribution in [0.3, 0.4) is 0 Å². The van der Waals surface area contributed by atoms with Crippen LogP contribution in [-0.4, -0.2) is 44.1 Å². The molecule has 0 bridgehead atoms. The molecule has 7 nitrogen and oxygen atoms in total. The standard InChI is InChI=1S/C19H16I2O7/c20-13-3-1-5-16(7-13)25-11-18(23)27-9-15(22)10-28-19(24)12-26-17-6-2-4-14(21)8-17/h1-8H,9-12H2. The average Bonchev–Trinajstić information content (AvgIpc) is 2.67. The highest BCUT2D eigenvalue weighted by molar-refractivity contribution is 14.1. The van der Waals surface area contributed by atoms with Crippen LogP contribution in [0.1, 0.15) is 0 Å². The lowest BCUT2D eigenvalue weighted by Crippen LogP contribution is -2.24. The first-order valence-corrected chi connectivity index (χ1v) is 10.2. The number of hydrogen-bond donors (Lipinski definition) is 0. The molecule has 2 aromatic carbocycles. The quantitative estimate of drug-likeness (QED) is 0.302. The lowest BCUT2D eigenvalue weighted by Gasteiger charge is -2.08. The summed E-state index contributed by atoms with van der Waals surface area (Å²) in [4.78, 5) is 34.9. The molecule has 0 atom stereocenters. The number of ketones is 1. The van der Waals surface area contributed by atoms with Crippen molar-refractivity contribution in [2.24, 2.45) is 0 Å². The van der Waals surface area contributed by atoms with E-state index in [9.17, 15) is 14.4 Å². The van der Waals surface area contributed by atoms with Crippen molar-refractivity contribution in [3.8, 4) is 11.5 Å². The highest BCUT2D eigenvalue weighted by atomic mass is 127. The number of halogens is 2. The number of rotatable bonds is 10. The van der Waals surface area contributed by atoms with Crippen LogP contribution in [0.25, 0.3) is 0 Å². The van der Waals surface area contributed by atoms with Crippen LogP contribution in [0.4, 0.5) is 0 Å². The van der Waals surface area contributed by atoms with Gasteiger partial charge >= 0.3 is 11.9 Å². The molecule has 28 heavy (non-hydrogen) atoms. The lowest BCUT2D eigenvalue weighted by atomic mass is 10.3. The summed E-state index contributed by atoms with van der Waals surface area (Å²) >= 11 is 4.24. The Morgan fingerprint density at radius 3 is 1.50 bits per heavy atom. The van der Waals surface area contributed by atoms with E-state index >= 15 is 0 Å². The number of carbonyl (C=O) groups is 3. The van der Waals surface area contributed by atoms with Gasteiger partial charge in [0.2, 0.25) is 5.78 Å². The number of hydrogen-bond acceptors (Lipinski definition) is 7. The Kier molecular flexibility index (Phi) is 9.47. The van der Waals surface area contributed by atoms with Gasteiger partial charge in [-0.2, -0.15) is 0 Å². The van der Waals surface area contributed by atoms with E-state index in [1.165, 1.54) is 0 Å². The van der Waals surface area contributed by atoms with Crippen LogP contribution in [0.5, 0.6) is 11.5 Å². The smallest absolute Gasteiger partial charge is 0.344 e. The van der Waals surface area contributed by atoms with Crippen LogP contribution < -0.4 is 9.47 Å². The Bertz CT molecular complexity index is 771. The molecule has 0 fully saturated rings. The highest BCUT2D eigenvalue weighted by Gasteiger charge is 2.12. The monoisotopic (exact) mass is 610 g/mol. The molecule has 0 saturated carbocycles. The Morgan fingerprint density at radius 2 is 1.11 bits per heavy atom. The molecule has 2 rings (SSSR count). The molecule has 0 aromatic heterocycles. The molecule has 0 N–H and O–H groups in total. The van der Waals surface area contributed by atoms with E-state index in [1.54, 1.807) is 36.4 Å². The van der Waals surface area contributed by atoms with Crippen molar-refractivity contribution in [2.75, 3.05) is 26.4 Å². The third kappa shape index (κ3) is 8.87. The fraction of sp³-hybridized carbons (Fsp3) is 0.211. The Hall–Kier alpha value is -1.89. The molecule has 0 spiro atoms. The Balaban J connectivity index is 1.59. The second kappa shape index (κ2) is 11.8. The fourth-order valence-corrected chi connectivity index (χ4v) is 2.87. The molecule has 0 unspecified atom stereocenters. The van der Waals surface area contributed by atoms with Gasteiger partial charge in [-0.05, 0) is 81.6 Å². The Morgan fingerprint density at radius 1 is 0.679 bits per heavy atom. The molecule has 0 heterocycles. The van der Waals surface area contributed by atoms with Gasteiger partial charge in [-0.3, -0.25) is 4.79 Å². The minimum absolute atomic E-state index is 0.323. The van der Waals surface area contributed by atoms with Crippen molar-refractivity contribution in [3.05, 3.63) is 55.7 Å². The van der Waals surface area contributed by atoms with E-state index in [0.29, 0.717) is 11.5 Å². The molecule has 2 aromatic rings. The van der Waals surface area contributed by atoms with Gasteiger partial charge in [-0.1, -0.05) is 12.1 Å². The molecular weight excluding hydrogens is 594 g/mol. The molecule has 148 valence electrons. The molecule has 0 saturated heterocycles. The SMILES string of the molecule is O=C(COC(=O)COc1cccc(I)c1)COC(=O)COc1cccc(I)c1. The molecule has 0 aliphatic rings. The normalized spacial score (nSPS) is 10.1. The van der Waals surface area contributed by atoms with Crippen molar-refractivity contribution < 1.29 is 33.3 Å². The lowest BCUT2D eigenvalue weighted by molar-refractivity contribution is -0.154. The topological polar surface area (TPSA) is 88.1 Å². The molecule has 0 aliphatic heterocycles. The van der Waals surface area contributed by atoms with Gasteiger partial charge < -0.3 is 18.9 Å². The van der Waals surface area contributed by atoms with Crippen molar-refractivity contribution in [1.29, 1.82) is 0 Å². The number of esters is 2. The largest absolute Gasteiger partial charge is 0.482 e. The van der Waals surface area contributed by atoms with Crippen LogP contribution in [0.15, 0.2) is 48.5 Å². The summed E-state index contributed by atoms with van der Waals surface area (Å²) in [5, 5.41) is 0. The van der Waals surface area contributed by atoms with Crippen LogP contribution in [0, 0.1) is 7.14 Å². The van der Waals surface area contributed by atoms with E-state index in [4.69, 9.17) is 18.9 Å². The van der Waals surface area contributed by atoms with Crippen molar-refractivity contribution >= 4 is 62.9 Å². The second-order valence-electron chi connectivity index (χ2n) is 5.35. The van der Waals surface area contributed by atoms with Crippen LogP contribution in [0.2, 0.25) is 0 Å². The number of benzene rings is 2. The predicted octanol–water partition coefficient (Wildman–Crippen LogP) is 3.01. The van der Waals surface area contributed by atoms with Gasteiger partial charge in [0.1, 0.15) is 11.5 Å². The summed E-state index contributed by atoms with van der Waals surface area (Å²) in [6, 6.07) is 14.3. The summed E-state index contributed by atoms with van der Waals surface area (Å²) < 4.78 is 22.0. The zero-order valence-electron chi connectivity index (χ0n) is 14.6. The third-order valence-electron chi connectivity index (χ3n) is 3.09. The molecular formula is C19H16I2O7. The van der Waals surface area contributed by atoms with Crippen molar-refractivity contribution in [3.63, 3.8) is 0 Å². The minimum atomic E-state index is -0.694. The van der Waals surface area contributed by atoms with Crippen molar-refractivity contribution in [1.82, 2.24) is 0 Å². The summed E-state index contributed by atoms with van der Waals surface area (Å²) in [6.45, 7) is -1.65. The van der Waals surface area contributed by atoms with E-state index < -0.39 is 30.9 Å². The third-order valence-corrected chi connectivity index (χ3v) is 4.44. The fourth-order valence-electron chi connectivity index (χ4n) is 1.85. The van der Waals surface area contributed by atoms with E-state index in [0.717, 1.165) is 7.14 Å². The maximum atomic E-state index is 11.7. The minimum Gasteiger partial charge on any atom is -0.482 e.